The van der Waals surface area contributed by atoms with E-state index in [9.17, 15) is 4.79 Å². The molecule has 0 aromatic heterocycles. The van der Waals surface area contributed by atoms with Gasteiger partial charge in [-0.15, -0.1) is 0 Å². The predicted octanol–water partition coefficient (Wildman–Crippen LogP) is 1.84. The first kappa shape index (κ1) is 7.72. The molecule has 6 atom stereocenters. The fraction of sp³-hybridized carbons (Fsp3) is 0.917. The molecule has 6 unspecified atom stereocenters. The molecule has 2 heteroatoms. The Balaban J connectivity index is 1.80. The number of fused-ring (bicyclic) bond motifs is 1. The van der Waals surface area contributed by atoms with E-state index in [1.54, 1.807) is 0 Å². The highest BCUT2D eigenvalue weighted by atomic mass is 16.5. The van der Waals surface area contributed by atoms with Gasteiger partial charge in [0.2, 0.25) is 0 Å². The Morgan fingerprint density at radius 1 is 1.43 bits per heavy atom. The maximum absolute atomic E-state index is 11.7. The maximum Gasteiger partial charge on any atom is 0.309 e. The smallest absolute Gasteiger partial charge is 0.309 e. The molecule has 1 saturated heterocycles. The van der Waals surface area contributed by atoms with Crippen molar-refractivity contribution in [1.29, 1.82) is 0 Å². The monoisotopic (exact) mass is 192 g/mol. The van der Waals surface area contributed by atoms with Crippen molar-refractivity contribution in [3.63, 3.8) is 0 Å². The average molecular weight is 192 g/mol. The highest BCUT2D eigenvalue weighted by Crippen LogP contribution is 2.80. The molecule has 0 N–H and O–H groups in total. The van der Waals surface area contributed by atoms with Gasteiger partial charge in [-0.1, -0.05) is 6.92 Å². The topological polar surface area (TPSA) is 26.3 Å². The first-order chi connectivity index (χ1) is 6.75. The molecule has 1 spiro atoms. The lowest BCUT2D eigenvalue weighted by Gasteiger charge is -2.64. The Kier molecular flexibility index (Phi) is 1.12. The number of carbonyl (C=O) groups excluding carboxylic acids is 1. The summed E-state index contributed by atoms with van der Waals surface area (Å²) in [6.45, 7) is 2.97. The number of hydrogen-bond acceptors (Lipinski definition) is 2. The van der Waals surface area contributed by atoms with Crippen molar-refractivity contribution in [2.75, 3.05) is 6.61 Å². The van der Waals surface area contributed by atoms with E-state index in [0.717, 1.165) is 18.3 Å². The van der Waals surface area contributed by atoms with Crippen LogP contribution in [0.3, 0.4) is 0 Å². The summed E-state index contributed by atoms with van der Waals surface area (Å²) in [6.07, 6.45) is 3.89. The number of hydrogen-bond donors (Lipinski definition) is 0. The Bertz CT molecular complexity index is 324. The third kappa shape index (κ3) is 0.535. The van der Waals surface area contributed by atoms with E-state index in [2.05, 4.69) is 6.92 Å². The summed E-state index contributed by atoms with van der Waals surface area (Å²) in [5.41, 5.74) is 0.606. The fourth-order valence-electron chi connectivity index (χ4n) is 5.41. The standard InChI is InChI=1S/C12H16O2/c1-6-10-9-4-7-5-12(6,9)8(7)2-3-14-11(10)13/h6-10H,2-5H2,1H3. The lowest BCUT2D eigenvalue weighted by molar-refractivity contribution is -0.211. The van der Waals surface area contributed by atoms with Crippen LogP contribution in [0.25, 0.3) is 0 Å². The van der Waals surface area contributed by atoms with Crippen LogP contribution in [-0.2, 0) is 9.53 Å². The normalized spacial score (nSPS) is 63.2. The van der Waals surface area contributed by atoms with Crippen molar-refractivity contribution in [3.8, 4) is 0 Å². The van der Waals surface area contributed by atoms with Gasteiger partial charge in [0.05, 0.1) is 12.5 Å². The number of cyclic esters (lactones) is 1. The molecule has 1 heterocycles. The molecule has 0 aromatic rings. The predicted molar refractivity (Wildman–Crippen MR) is 50.4 cm³/mol. The average Bonchev–Trinajstić information content (AvgIpc) is 2.59. The van der Waals surface area contributed by atoms with Gasteiger partial charge >= 0.3 is 5.97 Å². The van der Waals surface area contributed by atoms with Gasteiger partial charge in [0.25, 0.3) is 0 Å². The summed E-state index contributed by atoms with van der Waals surface area (Å²) >= 11 is 0. The molecule has 0 amide bonds. The van der Waals surface area contributed by atoms with Crippen molar-refractivity contribution < 1.29 is 9.53 Å². The zero-order chi connectivity index (χ0) is 9.50. The van der Waals surface area contributed by atoms with Crippen LogP contribution in [0.15, 0.2) is 0 Å². The molecule has 76 valence electrons. The molecule has 14 heavy (non-hydrogen) atoms. The summed E-state index contributed by atoms with van der Waals surface area (Å²) in [5, 5.41) is 0. The van der Waals surface area contributed by atoms with Crippen molar-refractivity contribution in [2.45, 2.75) is 26.2 Å². The Morgan fingerprint density at radius 3 is 3.14 bits per heavy atom. The van der Waals surface area contributed by atoms with Crippen molar-refractivity contribution >= 4 is 5.97 Å². The SMILES string of the molecule is CC1C2C(=O)OCCC3C4CC2C13C4. The Morgan fingerprint density at radius 2 is 2.29 bits per heavy atom. The van der Waals surface area contributed by atoms with E-state index in [1.807, 2.05) is 0 Å². The molecule has 4 saturated carbocycles. The second kappa shape index (κ2) is 2.02. The molecule has 0 aromatic carbocycles. The second-order valence-electron chi connectivity index (χ2n) is 5.80. The van der Waals surface area contributed by atoms with Gasteiger partial charge in [-0.05, 0) is 48.3 Å². The molecule has 5 rings (SSSR count). The first-order valence-electron chi connectivity index (χ1n) is 5.92. The van der Waals surface area contributed by atoms with E-state index in [0.29, 0.717) is 23.9 Å². The van der Waals surface area contributed by atoms with E-state index in [1.165, 1.54) is 12.8 Å². The van der Waals surface area contributed by atoms with Gasteiger partial charge in [0.15, 0.2) is 0 Å². The number of rotatable bonds is 0. The molecular formula is C12H16O2. The van der Waals surface area contributed by atoms with Crippen LogP contribution in [0.1, 0.15) is 26.2 Å². The molecule has 4 aliphatic carbocycles. The molecule has 1 aliphatic heterocycles. The first-order valence-corrected chi connectivity index (χ1v) is 5.92. The third-order valence-corrected chi connectivity index (χ3v) is 5.89. The molecule has 5 aliphatic rings. The summed E-state index contributed by atoms with van der Waals surface area (Å²) in [4.78, 5) is 11.7. The second-order valence-corrected chi connectivity index (χ2v) is 5.80. The van der Waals surface area contributed by atoms with E-state index in [-0.39, 0.29) is 11.9 Å². The van der Waals surface area contributed by atoms with Crippen molar-refractivity contribution in [1.82, 2.24) is 0 Å². The summed E-state index contributed by atoms with van der Waals surface area (Å²) in [7, 11) is 0. The molecular weight excluding hydrogens is 176 g/mol. The quantitative estimate of drug-likeness (QED) is 0.547. The number of carbonyl (C=O) groups is 1. The van der Waals surface area contributed by atoms with E-state index in [4.69, 9.17) is 4.74 Å². The van der Waals surface area contributed by atoms with Gasteiger partial charge in [-0.2, -0.15) is 0 Å². The van der Waals surface area contributed by atoms with E-state index < -0.39 is 0 Å². The molecule has 0 radical (unpaired) electrons. The van der Waals surface area contributed by atoms with Crippen LogP contribution in [-0.4, -0.2) is 12.6 Å². The largest absolute Gasteiger partial charge is 0.465 e. The van der Waals surface area contributed by atoms with Crippen LogP contribution >= 0.6 is 0 Å². The van der Waals surface area contributed by atoms with E-state index >= 15 is 0 Å². The zero-order valence-electron chi connectivity index (χ0n) is 8.53. The summed E-state index contributed by atoms with van der Waals surface area (Å²) < 4.78 is 5.31. The van der Waals surface area contributed by atoms with Crippen LogP contribution in [0.2, 0.25) is 0 Å². The van der Waals surface area contributed by atoms with Gasteiger partial charge in [-0.3, -0.25) is 4.79 Å². The summed E-state index contributed by atoms with van der Waals surface area (Å²) in [5.74, 6) is 3.56. The fourth-order valence-corrected chi connectivity index (χ4v) is 5.41. The number of ether oxygens (including phenoxy) is 1. The number of esters is 1. The molecule has 5 fully saturated rings. The van der Waals surface area contributed by atoms with Gasteiger partial charge in [0, 0.05) is 0 Å². The lowest BCUT2D eigenvalue weighted by Crippen LogP contribution is -2.63. The van der Waals surface area contributed by atoms with Gasteiger partial charge < -0.3 is 4.74 Å². The minimum absolute atomic E-state index is 0.110. The Labute approximate surface area is 84.0 Å². The zero-order valence-corrected chi connectivity index (χ0v) is 8.53. The Hall–Kier alpha value is -0.530. The van der Waals surface area contributed by atoms with Gasteiger partial charge in [0.1, 0.15) is 0 Å². The third-order valence-electron chi connectivity index (χ3n) is 5.89. The minimum Gasteiger partial charge on any atom is -0.465 e. The molecule has 2 nitrogen and oxygen atoms in total. The summed E-state index contributed by atoms with van der Waals surface area (Å²) in [6, 6.07) is 0. The highest BCUT2D eigenvalue weighted by molar-refractivity contribution is 5.76. The van der Waals surface area contributed by atoms with Crippen LogP contribution in [0, 0.1) is 35.0 Å². The van der Waals surface area contributed by atoms with Crippen LogP contribution < -0.4 is 0 Å². The molecule has 3 bridgehead atoms. The lowest BCUT2D eigenvalue weighted by atomic mass is 9.40. The maximum atomic E-state index is 11.7. The van der Waals surface area contributed by atoms with Gasteiger partial charge in [-0.25, -0.2) is 0 Å². The minimum atomic E-state index is 0.110. The highest BCUT2D eigenvalue weighted by Gasteiger charge is 2.77. The van der Waals surface area contributed by atoms with Crippen molar-refractivity contribution in [2.24, 2.45) is 35.0 Å². The van der Waals surface area contributed by atoms with Crippen molar-refractivity contribution in [3.05, 3.63) is 0 Å². The van der Waals surface area contributed by atoms with Crippen LogP contribution in [0.5, 0.6) is 0 Å². The van der Waals surface area contributed by atoms with Crippen LogP contribution in [0.4, 0.5) is 0 Å².